The van der Waals surface area contributed by atoms with E-state index in [1.54, 1.807) is 42.9 Å². The van der Waals surface area contributed by atoms with Gasteiger partial charge in [0.2, 0.25) is 5.91 Å². The Morgan fingerprint density at radius 2 is 1.97 bits per heavy atom. The lowest BCUT2D eigenvalue weighted by Gasteiger charge is -2.16. The highest BCUT2D eigenvalue weighted by atomic mass is 16.4. The topological polar surface area (TPSA) is 103 Å². The van der Waals surface area contributed by atoms with Crippen molar-refractivity contribution in [2.45, 2.75) is 26.4 Å². The summed E-state index contributed by atoms with van der Waals surface area (Å²) in [6.07, 6.45) is 5.08. The summed E-state index contributed by atoms with van der Waals surface area (Å²) in [5, 5.41) is 2.90. The van der Waals surface area contributed by atoms with Gasteiger partial charge in [0.15, 0.2) is 11.4 Å². The number of carbonyl (C=O) groups is 1. The van der Waals surface area contributed by atoms with Crippen LogP contribution in [-0.4, -0.2) is 25.4 Å². The number of amides is 1. The summed E-state index contributed by atoms with van der Waals surface area (Å²) in [5.74, 6) is -0.262. The lowest BCUT2D eigenvalue weighted by atomic mass is 10.1. The first-order chi connectivity index (χ1) is 14.0. The molecule has 8 heteroatoms. The van der Waals surface area contributed by atoms with Crippen molar-refractivity contribution in [2.24, 2.45) is 0 Å². The number of benzene rings is 1. The van der Waals surface area contributed by atoms with Gasteiger partial charge in [-0.3, -0.25) is 14.3 Å². The number of rotatable bonds is 5. The maximum atomic E-state index is 12.5. The van der Waals surface area contributed by atoms with E-state index in [9.17, 15) is 9.59 Å². The van der Waals surface area contributed by atoms with Crippen molar-refractivity contribution in [2.75, 3.05) is 0 Å². The average Bonchev–Trinajstić information content (AvgIpc) is 3.03. The van der Waals surface area contributed by atoms with Gasteiger partial charge in [0, 0.05) is 35.4 Å². The highest BCUT2D eigenvalue weighted by Gasteiger charge is 2.17. The molecule has 1 unspecified atom stereocenters. The predicted octanol–water partition coefficient (Wildman–Crippen LogP) is 2.63. The molecule has 0 saturated heterocycles. The van der Waals surface area contributed by atoms with Crippen molar-refractivity contribution < 1.29 is 9.21 Å². The predicted molar refractivity (Wildman–Crippen MR) is 107 cm³/mol. The zero-order valence-corrected chi connectivity index (χ0v) is 16.0. The van der Waals surface area contributed by atoms with Gasteiger partial charge in [0.25, 0.3) is 0 Å². The molecule has 0 spiro atoms. The molecule has 0 radical (unpaired) electrons. The van der Waals surface area contributed by atoms with Crippen molar-refractivity contribution in [3.8, 4) is 11.4 Å². The SMILES string of the molecule is Cc1nc(-c2ccncc2)ncc1C(C)NC(=O)Cn1c(=O)oc2ccccc21. The van der Waals surface area contributed by atoms with Crippen LogP contribution in [0.3, 0.4) is 0 Å². The molecule has 4 aromatic rings. The van der Waals surface area contributed by atoms with Crippen LogP contribution in [0.15, 0.2) is 64.2 Å². The first kappa shape index (κ1) is 18.5. The minimum absolute atomic E-state index is 0.130. The third-order valence-electron chi connectivity index (χ3n) is 4.68. The van der Waals surface area contributed by atoms with Crippen molar-refractivity contribution in [3.63, 3.8) is 0 Å². The molecule has 3 aromatic heterocycles. The Morgan fingerprint density at radius 1 is 1.21 bits per heavy atom. The summed E-state index contributed by atoms with van der Waals surface area (Å²) in [4.78, 5) is 37.5. The number of aryl methyl sites for hydroxylation is 1. The van der Waals surface area contributed by atoms with Crippen LogP contribution in [0, 0.1) is 6.92 Å². The largest absolute Gasteiger partial charge is 0.420 e. The molecule has 4 rings (SSSR count). The van der Waals surface area contributed by atoms with Gasteiger partial charge in [0.05, 0.1) is 11.6 Å². The number of aromatic nitrogens is 4. The third kappa shape index (κ3) is 3.77. The zero-order chi connectivity index (χ0) is 20.4. The van der Waals surface area contributed by atoms with E-state index in [4.69, 9.17) is 4.42 Å². The molecule has 0 fully saturated rings. The standard InChI is InChI=1S/C21H19N5O3/c1-13(16-11-23-20(25-14(16)2)15-7-9-22-10-8-15)24-19(27)12-26-17-5-3-4-6-18(17)29-21(26)28/h3-11,13H,12H2,1-2H3,(H,24,27). The maximum absolute atomic E-state index is 12.5. The second-order valence-corrected chi connectivity index (χ2v) is 6.68. The quantitative estimate of drug-likeness (QED) is 0.563. The first-order valence-corrected chi connectivity index (χ1v) is 9.14. The van der Waals surface area contributed by atoms with Crippen LogP contribution in [0.5, 0.6) is 0 Å². The van der Waals surface area contributed by atoms with Crippen molar-refractivity contribution in [1.29, 1.82) is 0 Å². The average molecular weight is 389 g/mol. The maximum Gasteiger partial charge on any atom is 0.420 e. The van der Waals surface area contributed by atoms with Gasteiger partial charge in [0.1, 0.15) is 6.54 Å². The van der Waals surface area contributed by atoms with Gasteiger partial charge in [-0.2, -0.15) is 0 Å². The third-order valence-corrected chi connectivity index (χ3v) is 4.68. The summed E-state index contributed by atoms with van der Waals surface area (Å²) in [6, 6.07) is 10.4. The fraction of sp³-hybridized carbons (Fsp3) is 0.190. The monoisotopic (exact) mass is 389 g/mol. The van der Waals surface area contributed by atoms with Gasteiger partial charge >= 0.3 is 5.76 Å². The lowest BCUT2D eigenvalue weighted by molar-refractivity contribution is -0.122. The summed E-state index contributed by atoms with van der Waals surface area (Å²) in [5.41, 5.74) is 3.49. The van der Waals surface area contributed by atoms with Crippen LogP contribution in [0.4, 0.5) is 0 Å². The Morgan fingerprint density at radius 3 is 2.72 bits per heavy atom. The highest BCUT2D eigenvalue weighted by Crippen LogP contribution is 2.19. The summed E-state index contributed by atoms with van der Waals surface area (Å²) in [7, 11) is 0. The number of fused-ring (bicyclic) bond motifs is 1. The molecular weight excluding hydrogens is 370 g/mol. The van der Waals surface area contributed by atoms with Gasteiger partial charge in [-0.15, -0.1) is 0 Å². The zero-order valence-electron chi connectivity index (χ0n) is 16.0. The Bertz CT molecular complexity index is 1230. The highest BCUT2D eigenvalue weighted by molar-refractivity contribution is 5.79. The number of carbonyl (C=O) groups excluding carboxylic acids is 1. The number of nitrogens with zero attached hydrogens (tertiary/aromatic N) is 4. The van der Waals surface area contributed by atoms with Crippen LogP contribution in [0.25, 0.3) is 22.5 Å². The molecule has 1 amide bonds. The molecule has 1 N–H and O–H groups in total. The van der Waals surface area contributed by atoms with Crippen molar-refractivity contribution >= 4 is 17.0 Å². The number of pyridine rings is 1. The second-order valence-electron chi connectivity index (χ2n) is 6.68. The van der Waals surface area contributed by atoms with E-state index >= 15 is 0 Å². The van der Waals surface area contributed by atoms with E-state index in [0.717, 1.165) is 16.8 Å². The molecule has 0 saturated carbocycles. The van der Waals surface area contributed by atoms with E-state index in [1.807, 2.05) is 26.0 Å². The first-order valence-electron chi connectivity index (χ1n) is 9.14. The van der Waals surface area contributed by atoms with E-state index in [1.165, 1.54) is 4.57 Å². The molecule has 1 atom stereocenters. The summed E-state index contributed by atoms with van der Waals surface area (Å²) >= 11 is 0. The summed E-state index contributed by atoms with van der Waals surface area (Å²) in [6.45, 7) is 3.60. The van der Waals surface area contributed by atoms with Crippen LogP contribution in [0.1, 0.15) is 24.2 Å². The fourth-order valence-corrected chi connectivity index (χ4v) is 3.21. The number of hydrogen-bond donors (Lipinski definition) is 1. The fourth-order valence-electron chi connectivity index (χ4n) is 3.21. The minimum Gasteiger partial charge on any atom is -0.408 e. The molecule has 0 aliphatic carbocycles. The lowest BCUT2D eigenvalue weighted by Crippen LogP contribution is -2.33. The summed E-state index contributed by atoms with van der Waals surface area (Å²) < 4.78 is 6.48. The second kappa shape index (κ2) is 7.67. The molecule has 29 heavy (non-hydrogen) atoms. The molecule has 8 nitrogen and oxygen atoms in total. The van der Waals surface area contributed by atoms with E-state index in [2.05, 4.69) is 20.3 Å². The molecule has 146 valence electrons. The molecule has 3 heterocycles. The van der Waals surface area contributed by atoms with Gasteiger partial charge in [-0.05, 0) is 38.1 Å². The Hall–Kier alpha value is -3.81. The minimum atomic E-state index is -0.560. The van der Waals surface area contributed by atoms with E-state index in [-0.39, 0.29) is 18.5 Å². The van der Waals surface area contributed by atoms with Gasteiger partial charge in [-0.25, -0.2) is 14.8 Å². The molecule has 0 aliphatic heterocycles. The van der Waals surface area contributed by atoms with Gasteiger partial charge < -0.3 is 9.73 Å². The van der Waals surface area contributed by atoms with Crippen LogP contribution >= 0.6 is 0 Å². The van der Waals surface area contributed by atoms with E-state index in [0.29, 0.717) is 16.9 Å². The smallest absolute Gasteiger partial charge is 0.408 e. The molecule has 0 bridgehead atoms. The van der Waals surface area contributed by atoms with Crippen molar-refractivity contribution in [1.82, 2.24) is 24.8 Å². The van der Waals surface area contributed by atoms with Crippen LogP contribution in [-0.2, 0) is 11.3 Å². The number of hydrogen-bond acceptors (Lipinski definition) is 6. The van der Waals surface area contributed by atoms with Gasteiger partial charge in [-0.1, -0.05) is 12.1 Å². The Labute approximate surface area is 166 Å². The normalized spacial score (nSPS) is 12.1. The number of nitrogens with one attached hydrogen (secondary N) is 1. The van der Waals surface area contributed by atoms with Crippen LogP contribution in [0.2, 0.25) is 0 Å². The van der Waals surface area contributed by atoms with Crippen molar-refractivity contribution in [3.05, 3.63) is 76.8 Å². The van der Waals surface area contributed by atoms with Crippen LogP contribution < -0.4 is 11.1 Å². The number of oxazole rings is 1. The number of para-hydroxylation sites is 2. The molecule has 1 aromatic carbocycles. The Balaban J connectivity index is 1.50. The van der Waals surface area contributed by atoms with E-state index < -0.39 is 5.76 Å². The molecular formula is C21H19N5O3. The Kier molecular flexibility index (Phi) is 4.90. The molecule has 0 aliphatic rings.